The number of halogens is 1. The van der Waals surface area contributed by atoms with Crippen molar-refractivity contribution >= 4 is 5.69 Å². The second-order valence-electron chi connectivity index (χ2n) is 6.84. The molecule has 3 nitrogen and oxygen atoms in total. The topological polar surface area (TPSA) is 35.5 Å². The molecule has 0 aromatic heterocycles. The van der Waals surface area contributed by atoms with Gasteiger partial charge in [0.2, 0.25) is 0 Å². The highest BCUT2D eigenvalue weighted by atomic mass is 19.1. The van der Waals surface area contributed by atoms with E-state index >= 15 is 0 Å². The van der Waals surface area contributed by atoms with Crippen LogP contribution in [-0.4, -0.2) is 30.3 Å². The fourth-order valence-corrected chi connectivity index (χ4v) is 2.94. The summed E-state index contributed by atoms with van der Waals surface area (Å²) < 4.78 is 13.7. The van der Waals surface area contributed by atoms with E-state index in [9.17, 15) is 9.50 Å². The van der Waals surface area contributed by atoms with Gasteiger partial charge in [0.1, 0.15) is 5.82 Å². The second kappa shape index (κ2) is 7.42. The van der Waals surface area contributed by atoms with Gasteiger partial charge in [-0.15, -0.1) is 0 Å². The summed E-state index contributed by atoms with van der Waals surface area (Å²) in [6.45, 7) is 10.3. The first-order chi connectivity index (χ1) is 10.4. The van der Waals surface area contributed by atoms with E-state index < -0.39 is 0 Å². The molecular formula is C18H29FN2O. The number of rotatable bonds is 5. The molecule has 1 saturated heterocycles. The monoisotopic (exact) mass is 308 g/mol. The fourth-order valence-electron chi connectivity index (χ4n) is 2.94. The number of piperidine rings is 1. The first-order valence-corrected chi connectivity index (χ1v) is 8.37. The molecule has 1 fully saturated rings. The van der Waals surface area contributed by atoms with E-state index in [-0.39, 0.29) is 18.0 Å². The molecule has 0 amide bonds. The molecule has 2 unspecified atom stereocenters. The molecule has 1 aliphatic rings. The molecule has 0 saturated carbocycles. The zero-order chi connectivity index (χ0) is 16.3. The van der Waals surface area contributed by atoms with Gasteiger partial charge in [0.15, 0.2) is 0 Å². The van der Waals surface area contributed by atoms with Crippen molar-refractivity contribution in [2.24, 2.45) is 5.92 Å². The Balaban J connectivity index is 2.20. The standard InChI is InChI=1S/C18H29FN2O/c1-12(2)13(3)20-14(4)17-11-15(19)5-6-18(17)21-9-7-16(22)8-10-21/h5-6,11-14,16,20,22H,7-10H2,1-4H3. The van der Waals surface area contributed by atoms with Crippen molar-refractivity contribution in [2.45, 2.75) is 58.7 Å². The molecule has 4 heteroatoms. The largest absolute Gasteiger partial charge is 0.393 e. The zero-order valence-electron chi connectivity index (χ0n) is 14.1. The molecule has 22 heavy (non-hydrogen) atoms. The van der Waals surface area contributed by atoms with Crippen molar-refractivity contribution in [1.29, 1.82) is 0 Å². The number of benzene rings is 1. The van der Waals surface area contributed by atoms with Crippen molar-refractivity contribution < 1.29 is 9.50 Å². The molecule has 1 aliphatic heterocycles. The van der Waals surface area contributed by atoms with E-state index in [1.165, 1.54) is 6.07 Å². The van der Waals surface area contributed by atoms with Crippen molar-refractivity contribution in [1.82, 2.24) is 5.32 Å². The van der Waals surface area contributed by atoms with Gasteiger partial charge >= 0.3 is 0 Å². The molecule has 0 aliphatic carbocycles. The van der Waals surface area contributed by atoms with E-state index in [0.29, 0.717) is 12.0 Å². The van der Waals surface area contributed by atoms with Crippen LogP contribution in [0.15, 0.2) is 18.2 Å². The van der Waals surface area contributed by atoms with Gasteiger partial charge < -0.3 is 15.3 Å². The van der Waals surface area contributed by atoms with Crippen LogP contribution in [0.5, 0.6) is 0 Å². The Bertz CT molecular complexity index is 484. The third kappa shape index (κ3) is 4.20. The number of nitrogens with one attached hydrogen (secondary N) is 1. The minimum absolute atomic E-state index is 0.0925. The molecule has 0 radical (unpaired) electrons. The summed E-state index contributed by atoms with van der Waals surface area (Å²) in [6.07, 6.45) is 1.36. The molecule has 0 bridgehead atoms. The molecule has 1 aromatic carbocycles. The number of hydrogen-bond donors (Lipinski definition) is 2. The van der Waals surface area contributed by atoms with Crippen LogP contribution in [0.25, 0.3) is 0 Å². The van der Waals surface area contributed by atoms with Gasteiger partial charge in [0.05, 0.1) is 6.10 Å². The number of aliphatic hydroxyl groups is 1. The molecule has 1 aromatic rings. The summed E-state index contributed by atoms with van der Waals surface area (Å²) in [5.74, 6) is 0.339. The number of anilines is 1. The fraction of sp³-hybridized carbons (Fsp3) is 0.667. The molecule has 124 valence electrons. The van der Waals surface area contributed by atoms with Crippen LogP contribution in [0.1, 0.15) is 52.1 Å². The first kappa shape index (κ1) is 17.2. The van der Waals surface area contributed by atoms with Gasteiger partial charge in [-0.3, -0.25) is 0 Å². The smallest absolute Gasteiger partial charge is 0.123 e. The highest BCUT2D eigenvalue weighted by molar-refractivity contribution is 5.55. The van der Waals surface area contributed by atoms with Crippen LogP contribution in [0.4, 0.5) is 10.1 Å². The predicted octanol–water partition coefficient (Wildman–Crippen LogP) is 3.48. The van der Waals surface area contributed by atoms with Gasteiger partial charge in [-0.05, 0) is 56.4 Å². The normalized spacial score (nSPS) is 19.5. The minimum atomic E-state index is -0.198. The van der Waals surface area contributed by atoms with Crippen molar-refractivity contribution in [3.05, 3.63) is 29.6 Å². The van der Waals surface area contributed by atoms with E-state index in [0.717, 1.165) is 37.2 Å². The Kier molecular flexibility index (Phi) is 5.81. The maximum Gasteiger partial charge on any atom is 0.123 e. The van der Waals surface area contributed by atoms with Crippen LogP contribution in [0, 0.1) is 11.7 Å². The van der Waals surface area contributed by atoms with Gasteiger partial charge in [0.25, 0.3) is 0 Å². The summed E-state index contributed by atoms with van der Waals surface area (Å²) >= 11 is 0. The molecule has 2 atom stereocenters. The summed E-state index contributed by atoms with van der Waals surface area (Å²) in [5.41, 5.74) is 2.09. The molecule has 2 rings (SSSR count). The van der Waals surface area contributed by atoms with Gasteiger partial charge in [-0.2, -0.15) is 0 Å². The first-order valence-electron chi connectivity index (χ1n) is 8.37. The number of aliphatic hydroxyl groups excluding tert-OH is 1. The van der Waals surface area contributed by atoms with E-state index in [2.05, 4.69) is 37.9 Å². The zero-order valence-corrected chi connectivity index (χ0v) is 14.1. The minimum Gasteiger partial charge on any atom is -0.393 e. The maximum absolute atomic E-state index is 13.7. The third-order valence-corrected chi connectivity index (χ3v) is 4.77. The van der Waals surface area contributed by atoms with Crippen molar-refractivity contribution in [3.8, 4) is 0 Å². The van der Waals surface area contributed by atoms with Gasteiger partial charge in [-0.1, -0.05) is 13.8 Å². The Morgan fingerprint density at radius 3 is 2.41 bits per heavy atom. The van der Waals surface area contributed by atoms with Crippen molar-refractivity contribution in [2.75, 3.05) is 18.0 Å². The number of hydrogen-bond acceptors (Lipinski definition) is 3. The highest BCUT2D eigenvalue weighted by Crippen LogP contribution is 2.30. The average molecular weight is 308 g/mol. The van der Waals surface area contributed by atoms with Crippen LogP contribution in [0.2, 0.25) is 0 Å². The lowest BCUT2D eigenvalue weighted by Crippen LogP contribution is -2.38. The van der Waals surface area contributed by atoms with Gasteiger partial charge in [-0.25, -0.2) is 4.39 Å². The Labute approximate surface area is 133 Å². The second-order valence-corrected chi connectivity index (χ2v) is 6.84. The summed E-state index contributed by atoms with van der Waals surface area (Å²) in [7, 11) is 0. The molecule has 1 heterocycles. The maximum atomic E-state index is 13.7. The van der Waals surface area contributed by atoms with E-state index in [1.54, 1.807) is 6.07 Å². The lowest BCUT2D eigenvalue weighted by Gasteiger charge is -2.34. The molecule has 0 spiro atoms. The highest BCUT2D eigenvalue weighted by Gasteiger charge is 2.22. The van der Waals surface area contributed by atoms with Crippen LogP contribution >= 0.6 is 0 Å². The summed E-state index contributed by atoms with van der Waals surface area (Å²) in [5, 5.41) is 13.2. The van der Waals surface area contributed by atoms with E-state index in [4.69, 9.17) is 0 Å². The molecule has 2 N–H and O–H groups in total. The van der Waals surface area contributed by atoms with Crippen LogP contribution < -0.4 is 10.2 Å². The van der Waals surface area contributed by atoms with Crippen LogP contribution in [0.3, 0.4) is 0 Å². The molecular weight excluding hydrogens is 279 g/mol. The summed E-state index contributed by atoms with van der Waals surface area (Å²) in [4.78, 5) is 2.26. The lowest BCUT2D eigenvalue weighted by molar-refractivity contribution is 0.145. The van der Waals surface area contributed by atoms with Crippen LogP contribution in [-0.2, 0) is 0 Å². The Morgan fingerprint density at radius 1 is 1.18 bits per heavy atom. The predicted molar refractivity (Wildman–Crippen MR) is 89.7 cm³/mol. The number of nitrogens with zero attached hydrogens (tertiary/aromatic N) is 1. The average Bonchev–Trinajstić information content (AvgIpc) is 2.48. The summed E-state index contributed by atoms with van der Waals surface area (Å²) in [6, 6.07) is 5.51. The third-order valence-electron chi connectivity index (χ3n) is 4.77. The van der Waals surface area contributed by atoms with Gasteiger partial charge in [0, 0.05) is 30.9 Å². The Hall–Kier alpha value is -1.13. The SMILES string of the molecule is CC(NC(C)C(C)C)c1cc(F)ccc1N1CCC(O)CC1. The van der Waals surface area contributed by atoms with E-state index in [1.807, 2.05) is 6.07 Å². The Morgan fingerprint density at radius 2 is 1.82 bits per heavy atom. The lowest BCUT2D eigenvalue weighted by atomic mass is 9.99. The van der Waals surface area contributed by atoms with Crippen molar-refractivity contribution in [3.63, 3.8) is 0 Å². The quantitative estimate of drug-likeness (QED) is 0.874.